The maximum absolute atomic E-state index is 12.6. The van der Waals surface area contributed by atoms with Crippen LogP contribution < -0.4 is 25.9 Å². The molecule has 0 saturated carbocycles. The zero-order valence-electron chi connectivity index (χ0n) is 19.6. The molecular formula is C25H26ClN3O7. The maximum atomic E-state index is 12.6. The van der Waals surface area contributed by atoms with Gasteiger partial charge in [0.25, 0.3) is 5.91 Å². The topological polar surface area (TPSA) is 130 Å². The molecule has 1 aromatic heterocycles. The molecule has 0 spiro atoms. The summed E-state index contributed by atoms with van der Waals surface area (Å²) in [5.41, 5.74) is 1.75. The molecule has 4 rings (SSSR count). The molecule has 1 fully saturated rings. The van der Waals surface area contributed by atoms with Crippen LogP contribution in [0.5, 0.6) is 5.75 Å². The largest absolute Gasteiger partial charge is 0.484 e. The number of aliphatic hydroxyl groups excluding tert-OH is 1. The number of ether oxygens (including phenoxy) is 2. The van der Waals surface area contributed by atoms with Crippen molar-refractivity contribution < 1.29 is 28.6 Å². The number of amides is 2. The lowest BCUT2D eigenvalue weighted by atomic mass is 10.1. The molecule has 1 atom stereocenters. The summed E-state index contributed by atoms with van der Waals surface area (Å²) in [7, 11) is 0. The summed E-state index contributed by atoms with van der Waals surface area (Å²) < 4.78 is 16.0. The summed E-state index contributed by atoms with van der Waals surface area (Å²) in [5.74, 6) is -0.890. The predicted molar refractivity (Wildman–Crippen MR) is 135 cm³/mol. The third kappa shape index (κ3) is 5.96. The van der Waals surface area contributed by atoms with Crippen molar-refractivity contribution >= 4 is 45.8 Å². The second-order valence-electron chi connectivity index (χ2n) is 8.21. The Bertz CT molecular complexity index is 1300. The van der Waals surface area contributed by atoms with Gasteiger partial charge in [-0.15, -0.1) is 0 Å². The van der Waals surface area contributed by atoms with Gasteiger partial charge in [0.15, 0.2) is 6.61 Å². The van der Waals surface area contributed by atoms with E-state index in [0.717, 1.165) is 18.8 Å². The lowest BCUT2D eigenvalue weighted by molar-refractivity contribution is -0.128. The van der Waals surface area contributed by atoms with Gasteiger partial charge in [0, 0.05) is 35.9 Å². The number of nitrogens with one attached hydrogen (secondary N) is 2. The molecule has 0 radical (unpaired) electrons. The fourth-order valence-electron chi connectivity index (χ4n) is 3.79. The molecule has 2 aromatic carbocycles. The van der Waals surface area contributed by atoms with Crippen molar-refractivity contribution in [1.82, 2.24) is 5.32 Å². The minimum Gasteiger partial charge on any atom is -0.484 e. The second kappa shape index (κ2) is 11.4. The number of benzene rings is 2. The van der Waals surface area contributed by atoms with Crippen molar-refractivity contribution in [3.8, 4) is 5.75 Å². The van der Waals surface area contributed by atoms with E-state index in [2.05, 4.69) is 15.5 Å². The van der Waals surface area contributed by atoms with Crippen molar-refractivity contribution in [1.29, 1.82) is 0 Å². The van der Waals surface area contributed by atoms with Gasteiger partial charge < -0.3 is 34.5 Å². The molecule has 2 amide bonds. The molecule has 36 heavy (non-hydrogen) atoms. The highest BCUT2D eigenvalue weighted by molar-refractivity contribution is 6.31. The first-order valence-corrected chi connectivity index (χ1v) is 11.7. The maximum Gasteiger partial charge on any atom is 0.355 e. The summed E-state index contributed by atoms with van der Waals surface area (Å²) in [6.07, 6.45) is 0. The molecule has 1 aliphatic heterocycles. The zero-order valence-corrected chi connectivity index (χ0v) is 20.3. The van der Waals surface area contributed by atoms with Crippen LogP contribution in [-0.2, 0) is 14.3 Å². The highest BCUT2D eigenvalue weighted by Crippen LogP contribution is 2.26. The highest BCUT2D eigenvalue weighted by atomic mass is 35.5. The van der Waals surface area contributed by atoms with Gasteiger partial charge in [-0.05, 0) is 48.9 Å². The Hall–Kier alpha value is -3.60. The van der Waals surface area contributed by atoms with Crippen LogP contribution in [-0.4, -0.2) is 62.5 Å². The van der Waals surface area contributed by atoms with E-state index in [9.17, 15) is 19.5 Å². The number of carbonyl (C=O) groups excluding carboxylic acids is 2. The summed E-state index contributed by atoms with van der Waals surface area (Å²) in [6, 6.07) is 10.9. The van der Waals surface area contributed by atoms with Gasteiger partial charge in [0.05, 0.1) is 19.8 Å². The van der Waals surface area contributed by atoms with Crippen LogP contribution in [0.1, 0.15) is 5.56 Å². The van der Waals surface area contributed by atoms with Crippen molar-refractivity contribution in [2.75, 3.05) is 49.7 Å². The first-order chi connectivity index (χ1) is 17.4. The average Bonchev–Trinajstić information content (AvgIpc) is 2.90. The number of hydrogen-bond acceptors (Lipinski definition) is 8. The number of aliphatic hydroxyl groups is 1. The molecule has 1 unspecified atom stereocenters. The summed E-state index contributed by atoms with van der Waals surface area (Å²) in [4.78, 5) is 38.9. The Balaban J connectivity index is 1.31. The number of nitrogens with zero attached hydrogens (tertiary/aromatic N) is 1. The summed E-state index contributed by atoms with van der Waals surface area (Å²) >= 11 is 5.93. The highest BCUT2D eigenvalue weighted by Gasteiger charge is 2.21. The molecule has 2 heterocycles. The first kappa shape index (κ1) is 25.5. The van der Waals surface area contributed by atoms with Crippen LogP contribution in [0.4, 0.5) is 11.4 Å². The van der Waals surface area contributed by atoms with Crippen LogP contribution in [0.15, 0.2) is 51.7 Å². The SMILES string of the molecule is Cc1c(Cl)c(=O)oc2cc(OCC(=O)NC(CO)C(=O)Nc3ccc(N4CCOCC4)cc3)ccc12. The molecule has 0 bridgehead atoms. The standard InChI is InChI=1S/C25H26ClN3O7/c1-15-19-7-6-18(12-21(19)36-25(33)23(15)26)35-14-22(31)28-20(13-30)24(32)27-16-2-4-17(5-3-16)29-8-10-34-11-9-29/h2-7,12,20,30H,8-11,13-14H2,1H3,(H,27,32)(H,28,31). The third-order valence-electron chi connectivity index (χ3n) is 5.78. The van der Waals surface area contributed by atoms with Crippen LogP contribution in [0.3, 0.4) is 0 Å². The summed E-state index contributed by atoms with van der Waals surface area (Å²) in [6.45, 7) is 3.64. The average molecular weight is 516 g/mol. The molecular weight excluding hydrogens is 490 g/mol. The fourth-order valence-corrected chi connectivity index (χ4v) is 3.93. The normalized spacial score (nSPS) is 14.4. The Morgan fingerprint density at radius 2 is 1.89 bits per heavy atom. The minimum absolute atomic E-state index is 0.0110. The predicted octanol–water partition coefficient (Wildman–Crippen LogP) is 2.09. The van der Waals surface area contributed by atoms with Gasteiger partial charge in [-0.1, -0.05) is 11.6 Å². The second-order valence-corrected chi connectivity index (χ2v) is 8.59. The minimum atomic E-state index is -1.17. The van der Waals surface area contributed by atoms with E-state index in [1.165, 1.54) is 6.07 Å². The van der Waals surface area contributed by atoms with Crippen LogP contribution in [0.2, 0.25) is 5.02 Å². The summed E-state index contributed by atoms with van der Waals surface area (Å²) in [5, 5.41) is 15.4. The Labute approximate surface area is 211 Å². The number of rotatable bonds is 8. The van der Waals surface area contributed by atoms with E-state index < -0.39 is 36.7 Å². The van der Waals surface area contributed by atoms with Crippen molar-refractivity contribution in [3.63, 3.8) is 0 Å². The first-order valence-electron chi connectivity index (χ1n) is 11.4. The Kier molecular flexibility index (Phi) is 8.09. The lowest BCUT2D eigenvalue weighted by Gasteiger charge is -2.29. The quantitative estimate of drug-likeness (QED) is 0.389. The van der Waals surface area contributed by atoms with Gasteiger partial charge in [-0.25, -0.2) is 4.79 Å². The Morgan fingerprint density at radius 3 is 2.58 bits per heavy atom. The smallest absolute Gasteiger partial charge is 0.355 e. The van der Waals surface area contributed by atoms with Gasteiger partial charge >= 0.3 is 5.63 Å². The molecule has 3 N–H and O–H groups in total. The molecule has 3 aromatic rings. The van der Waals surface area contributed by atoms with E-state index in [-0.39, 0.29) is 16.4 Å². The number of hydrogen-bond donors (Lipinski definition) is 3. The molecule has 0 aliphatic carbocycles. The van der Waals surface area contributed by atoms with Gasteiger partial charge in [0.2, 0.25) is 5.91 Å². The number of carbonyl (C=O) groups is 2. The van der Waals surface area contributed by atoms with Crippen molar-refractivity contribution in [2.24, 2.45) is 0 Å². The van der Waals surface area contributed by atoms with Gasteiger partial charge in [0.1, 0.15) is 22.4 Å². The lowest BCUT2D eigenvalue weighted by Crippen LogP contribution is -2.47. The molecule has 1 aliphatic rings. The molecule has 11 heteroatoms. The third-order valence-corrected chi connectivity index (χ3v) is 6.22. The van der Waals surface area contributed by atoms with Crippen molar-refractivity contribution in [3.05, 3.63) is 63.5 Å². The van der Waals surface area contributed by atoms with Crippen LogP contribution in [0.25, 0.3) is 11.0 Å². The monoisotopic (exact) mass is 515 g/mol. The van der Waals surface area contributed by atoms with Crippen molar-refractivity contribution in [2.45, 2.75) is 13.0 Å². The van der Waals surface area contributed by atoms with E-state index in [1.807, 2.05) is 12.1 Å². The number of halogens is 1. The van der Waals surface area contributed by atoms with Crippen LogP contribution in [0, 0.1) is 6.92 Å². The van der Waals surface area contributed by atoms with E-state index >= 15 is 0 Å². The van der Waals surface area contributed by atoms with Gasteiger partial charge in [-0.2, -0.15) is 0 Å². The van der Waals surface area contributed by atoms with Gasteiger partial charge in [-0.3, -0.25) is 9.59 Å². The Morgan fingerprint density at radius 1 is 1.17 bits per heavy atom. The van der Waals surface area contributed by atoms with E-state index in [1.54, 1.807) is 31.2 Å². The molecule has 10 nitrogen and oxygen atoms in total. The zero-order chi connectivity index (χ0) is 25.7. The molecule has 190 valence electrons. The number of anilines is 2. The molecule has 1 saturated heterocycles. The fraction of sp³-hybridized carbons (Fsp3) is 0.320. The van der Waals surface area contributed by atoms with Crippen LogP contribution >= 0.6 is 11.6 Å². The number of aryl methyl sites for hydroxylation is 1. The van der Waals surface area contributed by atoms with E-state index in [4.69, 9.17) is 25.5 Å². The van der Waals surface area contributed by atoms with E-state index in [0.29, 0.717) is 29.9 Å². The number of morpholine rings is 1. The number of fused-ring (bicyclic) bond motifs is 1.